The number of hydrogen-bond donors (Lipinski definition) is 2. The topological polar surface area (TPSA) is 74.7 Å². The second kappa shape index (κ2) is 11.4. The molecule has 0 saturated carbocycles. The number of morpholine rings is 1. The van der Waals surface area contributed by atoms with Gasteiger partial charge in [-0.05, 0) is 13.0 Å². The van der Waals surface area contributed by atoms with Gasteiger partial charge in [-0.2, -0.15) is 0 Å². The molecule has 2 N–H and O–H groups in total. The van der Waals surface area contributed by atoms with Crippen molar-refractivity contribution in [2.24, 2.45) is 4.99 Å². The van der Waals surface area contributed by atoms with Crippen LogP contribution in [-0.2, 0) is 17.7 Å². The van der Waals surface area contributed by atoms with E-state index >= 15 is 0 Å². The molecule has 0 radical (unpaired) electrons. The first kappa shape index (κ1) is 21.8. The molecule has 2 aromatic rings. The molecule has 27 heavy (non-hydrogen) atoms. The van der Waals surface area contributed by atoms with E-state index < -0.39 is 0 Å². The minimum Gasteiger partial charge on any atom is -0.378 e. The summed E-state index contributed by atoms with van der Waals surface area (Å²) >= 11 is 1.74. The number of pyridine rings is 1. The van der Waals surface area contributed by atoms with Gasteiger partial charge in [0.1, 0.15) is 5.82 Å². The molecule has 1 aliphatic rings. The Kier molecular flexibility index (Phi) is 9.22. The highest BCUT2D eigenvalue weighted by atomic mass is 127. The number of aromatic nitrogens is 2. The van der Waals surface area contributed by atoms with Crippen molar-refractivity contribution in [3.8, 4) is 0 Å². The fraction of sp³-hybridized carbons (Fsp3) is 0.500. The molecule has 0 bridgehead atoms. The number of ether oxygens (including phenoxy) is 1. The minimum atomic E-state index is 0. The van der Waals surface area contributed by atoms with Crippen LogP contribution in [0.1, 0.15) is 15.4 Å². The molecule has 0 atom stereocenters. The van der Waals surface area contributed by atoms with Crippen LogP contribution in [-0.4, -0.2) is 55.8 Å². The number of hydrogen-bond acceptors (Lipinski definition) is 6. The number of rotatable bonds is 6. The van der Waals surface area contributed by atoms with E-state index in [9.17, 15) is 0 Å². The number of aliphatic imine (C=N–C) groups is 1. The monoisotopic (exact) mass is 502 g/mol. The first-order chi connectivity index (χ1) is 12.8. The summed E-state index contributed by atoms with van der Waals surface area (Å²) in [4.78, 5) is 16.8. The minimum absolute atomic E-state index is 0. The highest BCUT2D eigenvalue weighted by molar-refractivity contribution is 14.0. The SMILES string of the molecule is CN=C(NCCc1ncc(C)s1)NCc1cccnc1N1CCOCC1.I. The van der Waals surface area contributed by atoms with Crippen molar-refractivity contribution in [3.05, 3.63) is 40.0 Å². The Balaban J connectivity index is 0.00000261. The highest BCUT2D eigenvalue weighted by Crippen LogP contribution is 2.18. The second-order valence-electron chi connectivity index (χ2n) is 6.05. The third kappa shape index (κ3) is 6.58. The highest BCUT2D eigenvalue weighted by Gasteiger charge is 2.15. The number of thiazole rings is 1. The van der Waals surface area contributed by atoms with Crippen LogP contribution in [0.5, 0.6) is 0 Å². The zero-order chi connectivity index (χ0) is 18.2. The fourth-order valence-electron chi connectivity index (χ4n) is 2.83. The van der Waals surface area contributed by atoms with Gasteiger partial charge < -0.3 is 20.3 Å². The Hall–Kier alpha value is -1.46. The van der Waals surface area contributed by atoms with E-state index in [-0.39, 0.29) is 24.0 Å². The maximum absolute atomic E-state index is 5.44. The number of aryl methyl sites for hydroxylation is 1. The van der Waals surface area contributed by atoms with Crippen molar-refractivity contribution in [1.82, 2.24) is 20.6 Å². The van der Waals surface area contributed by atoms with E-state index in [4.69, 9.17) is 4.74 Å². The van der Waals surface area contributed by atoms with Gasteiger partial charge in [0.25, 0.3) is 0 Å². The molecule has 3 rings (SSSR count). The molecule has 1 aliphatic heterocycles. The van der Waals surface area contributed by atoms with E-state index in [1.165, 1.54) is 4.88 Å². The van der Waals surface area contributed by atoms with Crippen molar-refractivity contribution in [3.63, 3.8) is 0 Å². The van der Waals surface area contributed by atoms with Crippen LogP contribution in [0, 0.1) is 6.92 Å². The van der Waals surface area contributed by atoms with Crippen LogP contribution < -0.4 is 15.5 Å². The van der Waals surface area contributed by atoms with E-state index in [0.29, 0.717) is 6.54 Å². The quantitative estimate of drug-likeness (QED) is 0.359. The average molecular weight is 502 g/mol. The van der Waals surface area contributed by atoms with Gasteiger partial charge in [0, 0.05) is 62.5 Å². The summed E-state index contributed by atoms with van der Waals surface area (Å²) in [6.45, 7) is 6.82. The Morgan fingerprint density at radius 3 is 2.81 bits per heavy atom. The van der Waals surface area contributed by atoms with Gasteiger partial charge in [0.2, 0.25) is 0 Å². The van der Waals surface area contributed by atoms with Gasteiger partial charge in [0.05, 0.1) is 18.2 Å². The smallest absolute Gasteiger partial charge is 0.191 e. The number of guanidine groups is 1. The summed E-state index contributed by atoms with van der Waals surface area (Å²) in [5.41, 5.74) is 1.16. The predicted octanol–water partition coefficient (Wildman–Crippen LogP) is 2.21. The van der Waals surface area contributed by atoms with Crippen molar-refractivity contribution < 1.29 is 4.74 Å². The lowest BCUT2D eigenvalue weighted by molar-refractivity contribution is 0.122. The normalized spacial score (nSPS) is 14.6. The fourth-order valence-corrected chi connectivity index (χ4v) is 3.62. The molecule has 0 aromatic carbocycles. The van der Waals surface area contributed by atoms with E-state index in [1.807, 2.05) is 18.5 Å². The maximum Gasteiger partial charge on any atom is 0.191 e. The molecule has 2 aromatic heterocycles. The number of nitrogens with zero attached hydrogens (tertiary/aromatic N) is 4. The summed E-state index contributed by atoms with van der Waals surface area (Å²) in [6, 6.07) is 4.08. The summed E-state index contributed by atoms with van der Waals surface area (Å²) in [5.74, 6) is 1.81. The molecule has 1 fully saturated rings. The third-order valence-electron chi connectivity index (χ3n) is 4.15. The number of nitrogens with one attached hydrogen (secondary N) is 2. The standard InChI is InChI=1S/C18H26N6OS.HI/c1-14-12-22-16(26-14)5-7-21-18(19-2)23-13-15-4-3-6-20-17(15)24-8-10-25-11-9-24;/h3-4,6,12H,5,7-11,13H2,1-2H3,(H2,19,21,23);1H. The van der Waals surface area contributed by atoms with Crippen LogP contribution in [0.2, 0.25) is 0 Å². The lowest BCUT2D eigenvalue weighted by atomic mass is 10.2. The van der Waals surface area contributed by atoms with Gasteiger partial charge in [-0.1, -0.05) is 6.07 Å². The van der Waals surface area contributed by atoms with Gasteiger partial charge in [-0.3, -0.25) is 4.99 Å². The molecular formula is C18H27IN6OS. The first-order valence-electron chi connectivity index (χ1n) is 8.88. The molecule has 9 heteroatoms. The summed E-state index contributed by atoms with van der Waals surface area (Å²) in [7, 11) is 1.79. The predicted molar refractivity (Wildman–Crippen MR) is 121 cm³/mol. The van der Waals surface area contributed by atoms with Crippen LogP contribution in [0.3, 0.4) is 0 Å². The third-order valence-corrected chi connectivity index (χ3v) is 5.12. The van der Waals surface area contributed by atoms with Crippen LogP contribution in [0.4, 0.5) is 5.82 Å². The van der Waals surface area contributed by atoms with Gasteiger partial charge in [0.15, 0.2) is 5.96 Å². The van der Waals surface area contributed by atoms with Crippen molar-refractivity contribution in [2.45, 2.75) is 19.9 Å². The Morgan fingerprint density at radius 2 is 2.11 bits per heavy atom. The largest absolute Gasteiger partial charge is 0.378 e. The van der Waals surface area contributed by atoms with Crippen molar-refractivity contribution >= 4 is 47.1 Å². The van der Waals surface area contributed by atoms with Gasteiger partial charge in [-0.15, -0.1) is 35.3 Å². The molecule has 0 amide bonds. The summed E-state index contributed by atoms with van der Waals surface area (Å²) in [5, 5.41) is 7.87. The molecule has 7 nitrogen and oxygen atoms in total. The van der Waals surface area contributed by atoms with Crippen LogP contribution in [0.25, 0.3) is 0 Å². The molecule has 3 heterocycles. The lowest BCUT2D eigenvalue weighted by Gasteiger charge is -2.29. The Labute approximate surface area is 181 Å². The Morgan fingerprint density at radius 1 is 1.30 bits per heavy atom. The summed E-state index contributed by atoms with van der Waals surface area (Å²) < 4.78 is 5.44. The zero-order valence-corrected chi connectivity index (χ0v) is 18.9. The molecule has 148 valence electrons. The van der Waals surface area contributed by atoms with Gasteiger partial charge >= 0.3 is 0 Å². The van der Waals surface area contributed by atoms with Crippen LogP contribution >= 0.6 is 35.3 Å². The van der Waals surface area contributed by atoms with E-state index in [1.54, 1.807) is 18.4 Å². The molecule has 1 saturated heterocycles. The second-order valence-corrected chi connectivity index (χ2v) is 7.37. The maximum atomic E-state index is 5.44. The summed E-state index contributed by atoms with van der Waals surface area (Å²) in [6.07, 6.45) is 4.66. The number of halogens is 1. The van der Waals surface area contributed by atoms with E-state index in [0.717, 1.165) is 61.6 Å². The van der Waals surface area contributed by atoms with Crippen LogP contribution in [0.15, 0.2) is 29.5 Å². The lowest BCUT2D eigenvalue weighted by Crippen LogP contribution is -2.40. The molecule has 0 aliphatic carbocycles. The van der Waals surface area contributed by atoms with E-state index in [2.05, 4.69) is 43.5 Å². The van der Waals surface area contributed by atoms with Gasteiger partial charge in [-0.25, -0.2) is 9.97 Å². The van der Waals surface area contributed by atoms with Crippen molar-refractivity contribution in [2.75, 3.05) is 44.8 Å². The zero-order valence-electron chi connectivity index (χ0n) is 15.8. The molecule has 0 unspecified atom stereocenters. The Bertz CT molecular complexity index is 732. The van der Waals surface area contributed by atoms with Crippen molar-refractivity contribution in [1.29, 1.82) is 0 Å². The average Bonchev–Trinajstić information content (AvgIpc) is 3.10. The molecular weight excluding hydrogens is 475 g/mol. The number of anilines is 1. The first-order valence-corrected chi connectivity index (χ1v) is 9.70. The molecule has 0 spiro atoms.